The number of thioether (sulfide) groups is 1. The molecule has 0 spiro atoms. The van der Waals surface area contributed by atoms with Crippen molar-refractivity contribution in [2.75, 3.05) is 26.0 Å². The third-order valence-electron chi connectivity index (χ3n) is 4.93. The van der Waals surface area contributed by atoms with Crippen molar-refractivity contribution in [3.8, 4) is 0 Å². The van der Waals surface area contributed by atoms with Crippen molar-refractivity contribution >= 4 is 17.7 Å². The quantitative estimate of drug-likeness (QED) is 0.919. The molecule has 2 aliphatic rings. The summed E-state index contributed by atoms with van der Waals surface area (Å²) >= 11 is 1.78. The summed E-state index contributed by atoms with van der Waals surface area (Å²) in [7, 11) is 0. The second-order valence-electron chi connectivity index (χ2n) is 6.43. The highest BCUT2D eigenvalue weighted by Gasteiger charge is 2.39. The van der Waals surface area contributed by atoms with Crippen LogP contribution in [0.5, 0.6) is 0 Å². The molecule has 5 heteroatoms. The minimum Gasteiger partial charge on any atom is -0.393 e. The van der Waals surface area contributed by atoms with E-state index in [2.05, 4.69) is 6.26 Å². The highest BCUT2D eigenvalue weighted by Crippen LogP contribution is 2.31. The van der Waals surface area contributed by atoms with Crippen LogP contribution in [0, 0.1) is 5.92 Å². The molecule has 1 amide bonds. The first-order chi connectivity index (χ1) is 11.2. The van der Waals surface area contributed by atoms with Crippen LogP contribution in [0.1, 0.15) is 35.2 Å². The lowest BCUT2D eigenvalue weighted by Crippen LogP contribution is -2.48. The number of nitrogens with zero attached hydrogens (tertiary/aromatic N) is 1. The predicted molar refractivity (Wildman–Crippen MR) is 92.7 cm³/mol. The SMILES string of the molecule is CSCc1ccc(C(=O)N2CCC[C@@H]2[C@@H]2COCC[C@@H]2O)cc1. The molecule has 2 aliphatic heterocycles. The van der Waals surface area contributed by atoms with Gasteiger partial charge in [0, 0.05) is 36.4 Å². The number of aliphatic hydroxyl groups is 1. The van der Waals surface area contributed by atoms with Gasteiger partial charge in [0.2, 0.25) is 0 Å². The van der Waals surface area contributed by atoms with Crippen LogP contribution in [0.3, 0.4) is 0 Å². The number of hydrogen-bond donors (Lipinski definition) is 1. The number of ether oxygens (including phenoxy) is 1. The van der Waals surface area contributed by atoms with Crippen LogP contribution >= 0.6 is 11.8 Å². The molecule has 1 N–H and O–H groups in total. The summed E-state index contributed by atoms with van der Waals surface area (Å²) in [6, 6.07) is 8.03. The monoisotopic (exact) mass is 335 g/mol. The molecule has 0 aliphatic carbocycles. The largest absolute Gasteiger partial charge is 0.393 e. The fraction of sp³-hybridized carbons (Fsp3) is 0.611. The van der Waals surface area contributed by atoms with E-state index in [9.17, 15) is 9.90 Å². The van der Waals surface area contributed by atoms with Crippen molar-refractivity contribution in [2.24, 2.45) is 5.92 Å². The molecular weight excluding hydrogens is 310 g/mol. The Morgan fingerprint density at radius 1 is 1.35 bits per heavy atom. The van der Waals surface area contributed by atoms with Crippen molar-refractivity contribution in [3.63, 3.8) is 0 Å². The third kappa shape index (κ3) is 3.73. The van der Waals surface area contributed by atoms with Gasteiger partial charge in [-0.1, -0.05) is 12.1 Å². The van der Waals surface area contributed by atoms with Crippen LogP contribution in [0.2, 0.25) is 0 Å². The maximum atomic E-state index is 12.9. The van der Waals surface area contributed by atoms with E-state index in [1.807, 2.05) is 29.2 Å². The molecule has 2 heterocycles. The number of amides is 1. The van der Waals surface area contributed by atoms with Crippen molar-refractivity contribution in [1.82, 2.24) is 4.90 Å². The first-order valence-corrected chi connectivity index (χ1v) is 9.74. The number of likely N-dealkylation sites (tertiary alicyclic amines) is 1. The van der Waals surface area contributed by atoms with Crippen LogP contribution in [0.15, 0.2) is 24.3 Å². The van der Waals surface area contributed by atoms with Gasteiger partial charge in [-0.2, -0.15) is 11.8 Å². The fourth-order valence-corrected chi connectivity index (χ4v) is 4.21. The Kier molecular flexibility index (Phi) is 5.62. The van der Waals surface area contributed by atoms with Gasteiger partial charge in [-0.3, -0.25) is 4.79 Å². The van der Waals surface area contributed by atoms with E-state index in [1.54, 1.807) is 11.8 Å². The summed E-state index contributed by atoms with van der Waals surface area (Å²) in [5.74, 6) is 1.10. The first-order valence-electron chi connectivity index (χ1n) is 8.35. The number of hydrogen-bond acceptors (Lipinski definition) is 4. The highest BCUT2D eigenvalue weighted by atomic mass is 32.2. The summed E-state index contributed by atoms with van der Waals surface area (Å²) in [5.41, 5.74) is 1.98. The maximum absolute atomic E-state index is 12.9. The second-order valence-corrected chi connectivity index (χ2v) is 7.30. The topological polar surface area (TPSA) is 49.8 Å². The standard InChI is InChI=1S/C18H25NO3S/c1-23-12-13-4-6-14(7-5-13)18(21)19-9-2-3-16(19)15-11-22-10-8-17(15)20/h4-7,15-17,20H,2-3,8-12H2,1H3/t15-,16+,17-/m0/s1. The number of rotatable bonds is 4. The van der Waals surface area contributed by atoms with Gasteiger partial charge in [-0.05, 0) is 43.2 Å². The van der Waals surface area contributed by atoms with Gasteiger partial charge in [-0.15, -0.1) is 0 Å². The lowest BCUT2D eigenvalue weighted by molar-refractivity contribution is -0.0589. The molecule has 0 radical (unpaired) electrons. The fourth-order valence-electron chi connectivity index (χ4n) is 3.68. The van der Waals surface area contributed by atoms with Crippen LogP contribution in [-0.4, -0.2) is 54.1 Å². The van der Waals surface area contributed by atoms with E-state index in [1.165, 1.54) is 5.56 Å². The molecular formula is C18H25NO3S. The van der Waals surface area contributed by atoms with Gasteiger partial charge in [0.15, 0.2) is 0 Å². The molecule has 0 saturated carbocycles. The smallest absolute Gasteiger partial charge is 0.254 e. The summed E-state index contributed by atoms with van der Waals surface area (Å²) in [4.78, 5) is 14.8. The molecule has 4 nitrogen and oxygen atoms in total. The Balaban J connectivity index is 1.72. The molecule has 2 saturated heterocycles. The Hall–Kier alpha value is -1.04. The zero-order valence-electron chi connectivity index (χ0n) is 13.6. The number of carbonyl (C=O) groups is 1. The number of carbonyl (C=O) groups excluding carboxylic acids is 1. The van der Waals surface area contributed by atoms with Crippen molar-refractivity contribution in [3.05, 3.63) is 35.4 Å². The van der Waals surface area contributed by atoms with E-state index in [4.69, 9.17) is 4.74 Å². The third-order valence-corrected chi connectivity index (χ3v) is 5.55. The molecule has 1 aromatic carbocycles. The van der Waals surface area contributed by atoms with Crippen LogP contribution in [0.4, 0.5) is 0 Å². The molecule has 3 rings (SSSR count). The second kappa shape index (κ2) is 7.69. The lowest BCUT2D eigenvalue weighted by Gasteiger charge is -2.37. The Morgan fingerprint density at radius 2 is 2.13 bits per heavy atom. The Bertz CT molecular complexity index is 534. The van der Waals surface area contributed by atoms with Gasteiger partial charge >= 0.3 is 0 Å². The van der Waals surface area contributed by atoms with Crippen molar-refractivity contribution < 1.29 is 14.6 Å². The van der Waals surface area contributed by atoms with Crippen LogP contribution < -0.4 is 0 Å². The summed E-state index contributed by atoms with van der Waals surface area (Å²) in [6.07, 6.45) is 4.36. The van der Waals surface area contributed by atoms with Crippen molar-refractivity contribution in [2.45, 2.75) is 37.2 Å². The molecule has 0 aromatic heterocycles. The zero-order chi connectivity index (χ0) is 16.2. The van der Waals surface area contributed by atoms with E-state index in [0.717, 1.165) is 30.7 Å². The number of aliphatic hydroxyl groups excluding tert-OH is 1. The molecule has 3 atom stereocenters. The molecule has 2 fully saturated rings. The molecule has 0 bridgehead atoms. The minimum absolute atomic E-state index is 0.0472. The average Bonchev–Trinajstić information content (AvgIpc) is 3.05. The normalized spacial score (nSPS) is 28.1. The minimum atomic E-state index is -0.355. The van der Waals surface area contributed by atoms with E-state index in [-0.39, 0.29) is 24.0 Å². The highest BCUT2D eigenvalue weighted by molar-refractivity contribution is 7.97. The molecule has 1 aromatic rings. The summed E-state index contributed by atoms with van der Waals surface area (Å²) in [6.45, 7) is 1.96. The molecule has 126 valence electrons. The molecule has 0 unspecified atom stereocenters. The zero-order valence-corrected chi connectivity index (χ0v) is 14.4. The van der Waals surface area contributed by atoms with Gasteiger partial charge in [0.1, 0.15) is 0 Å². The first kappa shape index (κ1) is 16.8. The van der Waals surface area contributed by atoms with Crippen molar-refractivity contribution in [1.29, 1.82) is 0 Å². The van der Waals surface area contributed by atoms with Gasteiger partial charge < -0.3 is 14.7 Å². The van der Waals surface area contributed by atoms with E-state index in [0.29, 0.717) is 19.6 Å². The van der Waals surface area contributed by atoms with Crippen LogP contribution in [-0.2, 0) is 10.5 Å². The lowest BCUT2D eigenvalue weighted by atomic mass is 9.89. The Labute approximate surface area is 142 Å². The van der Waals surface area contributed by atoms with Crippen LogP contribution in [0.25, 0.3) is 0 Å². The van der Waals surface area contributed by atoms with E-state index >= 15 is 0 Å². The Morgan fingerprint density at radius 3 is 2.83 bits per heavy atom. The summed E-state index contributed by atoms with van der Waals surface area (Å²) < 4.78 is 5.54. The van der Waals surface area contributed by atoms with Gasteiger partial charge in [0.05, 0.1) is 12.7 Å². The van der Waals surface area contributed by atoms with Gasteiger partial charge in [0.25, 0.3) is 5.91 Å². The number of benzene rings is 1. The molecule has 23 heavy (non-hydrogen) atoms. The van der Waals surface area contributed by atoms with Gasteiger partial charge in [-0.25, -0.2) is 0 Å². The average molecular weight is 335 g/mol. The van der Waals surface area contributed by atoms with E-state index < -0.39 is 0 Å². The summed E-state index contributed by atoms with van der Waals surface area (Å²) in [5, 5.41) is 10.3. The predicted octanol–water partition coefficient (Wildman–Crippen LogP) is 2.55. The maximum Gasteiger partial charge on any atom is 0.254 e.